The summed E-state index contributed by atoms with van der Waals surface area (Å²) in [4.78, 5) is 58.2. The number of ether oxygens (including phenoxy) is 2. The zero-order valence-electron chi connectivity index (χ0n) is 30.7. The summed E-state index contributed by atoms with van der Waals surface area (Å²) in [6.07, 6.45) is -4.89. The van der Waals surface area contributed by atoms with Crippen LogP contribution in [-0.2, 0) is 42.2 Å². The summed E-state index contributed by atoms with van der Waals surface area (Å²) >= 11 is 0. The van der Waals surface area contributed by atoms with Crippen LogP contribution in [0.3, 0.4) is 0 Å². The lowest BCUT2D eigenvalue weighted by Crippen LogP contribution is -2.59. The summed E-state index contributed by atoms with van der Waals surface area (Å²) < 4.78 is 90.2. The number of alkyl halides is 3. The average molecular weight is 794 g/mol. The van der Waals surface area contributed by atoms with Gasteiger partial charge in [-0.15, -0.1) is 19.8 Å². The normalized spacial score (nSPS) is 24.6. The molecule has 5 atom stereocenters. The van der Waals surface area contributed by atoms with Crippen molar-refractivity contribution < 1.29 is 54.6 Å². The molecular weight excluding hydrogens is 750 g/mol. The van der Waals surface area contributed by atoms with Gasteiger partial charge in [0.2, 0.25) is 21.8 Å². The zero-order chi connectivity index (χ0) is 40.3. The highest BCUT2D eigenvalue weighted by atomic mass is 32.2. The molecule has 13 nitrogen and oxygen atoms in total. The highest BCUT2D eigenvalue weighted by Crippen LogP contribution is 2.47. The Balaban J connectivity index is 1.26. The first-order valence-electron chi connectivity index (χ1n) is 17.7. The second kappa shape index (κ2) is 14.0. The Labute approximate surface area is 315 Å². The number of nitrogens with one attached hydrogen (secondary N) is 3. The molecule has 18 heteroatoms. The van der Waals surface area contributed by atoms with E-state index in [1.54, 1.807) is 26.8 Å². The highest BCUT2D eigenvalue weighted by Gasteiger charge is 2.63. The molecule has 0 bridgehead atoms. The standard InChI is InChI=1S/C37H43F4N5O8S/c1-6-22-17-36(22,32(49)44-55(51,52)35(5)13-14-35)43-30(47)28-16-25(53-33(50)45-18-21-9-7-12-27(38)26(21)20-45)19-46(28)31(48)29(34(2,3)4)42-23-10-8-11-24(15-23)54-37(39,40)41/h6-12,15,22,25,28-29,42H,1,13-14,16-20H2,2-5H3,(H,43,47)(H,44,49). The molecule has 2 heterocycles. The number of hydrogen-bond acceptors (Lipinski definition) is 9. The molecule has 2 aliphatic carbocycles. The molecule has 0 spiro atoms. The molecule has 55 heavy (non-hydrogen) atoms. The van der Waals surface area contributed by atoms with Gasteiger partial charge >= 0.3 is 12.5 Å². The molecular formula is C37H43F4N5O8S. The number of carbonyl (C=O) groups is 4. The van der Waals surface area contributed by atoms with Crippen molar-refractivity contribution in [2.24, 2.45) is 11.3 Å². The quantitative estimate of drug-likeness (QED) is 0.216. The van der Waals surface area contributed by atoms with Gasteiger partial charge in [-0.05, 0) is 55.4 Å². The van der Waals surface area contributed by atoms with E-state index in [-0.39, 0.29) is 38.2 Å². The minimum Gasteiger partial charge on any atom is -0.444 e. The number of anilines is 1. The van der Waals surface area contributed by atoms with Crippen molar-refractivity contribution in [1.82, 2.24) is 19.8 Å². The maximum absolute atomic E-state index is 14.5. The van der Waals surface area contributed by atoms with Crippen LogP contribution in [0.1, 0.15) is 64.5 Å². The van der Waals surface area contributed by atoms with Crippen molar-refractivity contribution in [2.45, 2.75) is 101 Å². The maximum atomic E-state index is 14.5. The monoisotopic (exact) mass is 793 g/mol. The van der Waals surface area contributed by atoms with Crippen LogP contribution >= 0.6 is 0 Å². The highest BCUT2D eigenvalue weighted by molar-refractivity contribution is 7.91. The first-order chi connectivity index (χ1) is 25.6. The zero-order valence-corrected chi connectivity index (χ0v) is 31.5. The molecule has 3 N–H and O–H groups in total. The predicted molar refractivity (Wildman–Crippen MR) is 190 cm³/mol. The van der Waals surface area contributed by atoms with E-state index in [9.17, 15) is 45.2 Å². The first-order valence-corrected chi connectivity index (χ1v) is 19.2. The molecule has 6 rings (SSSR count). The summed E-state index contributed by atoms with van der Waals surface area (Å²) in [7, 11) is -4.08. The van der Waals surface area contributed by atoms with Crippen LogP contribution in [-0.4, -0.2) is 83.4 Å². The van der Waals surface area contributed by atoms with Crippen LogP contribution in [0.5, 0.6) is 5.75 Å². The van der Waals surface area contributed by atoms with Crippen LogP contribution in [0.2, 0.25) is 0 Å². The minimum atomic E-state index is -4.97. The van der Waals surface area contributed by atoms with E-state index in [2.05, 4.69) is 26.7 Å². The Hall–Kier alpha value is -4.87. The van der Waals surface area contributed by atoms with E-state index in [1.165, 1.54) is 47.1 Å². The molecule has 2 saturated carbocycles. The van der Waals surface area contributed by atoms with Crippen LogP contribution in [0.15, 0.2) is 55.1 Å². The Morgan fingerprint density at radius 2 is 1.75 bits per heavy atom. The van der Waals surface area contributed by atoms with Gasteiger partial charge in [0.25, 0.3) is 5.91 Å². The maximum Gasteiger partial charge on any atom is 0.573 e. The van der Waals surface area contributed by atoms with Crippen molar-refractivity contribution in [3.63, 3.8) is 0 Å². The molecule has 2 aliphatic heterocycles. The summed E-state index contributed by atoms with van der Waals surface area (Å²) in [6, 6.07) is 6.87. The van der Waals surface area contributed by atoms with E-state index in [0.29, 0.717) is 24.0 Å². The van der Waals surface area contributed by atoms with E-state index in [4.69, 9.17) is 4.74 Å². The first kappa shape index (κ1) is 39.8. The molecule has 4 amide bonds. The van der Waals surface area contributed by atoms with Crippen molar-refractivity contribution >= 4 is 39.5 Å². The fraction of sp³-hybridized carbons (Fsp3) is 0.514. The van der Waals surface area contributed by atoms with Gasteiger partial charge in [-0.2, -0.15) is 0 Å². The number of rotatable bonds is 11. The predicted octanol–water partition coefficient (Wildman–Crippen LogP) is 4.73. The number of sulfonamides is 1. The van der Waals surface area contributed by atoms with Gasteiger partial charge in [0.15, 0.2) is 0 Å². The van der Waals surface area contributed by atoms with Gasteiger partial charge in [0, 0.05) is 36.2 Å². The number of amides is 4. The van der Waals surface area contributed by atoms with Crippen LogP contribution < -0.4 is 20.1 Å². The molecule has 1 saturated heterocycles. The third kappa shape index (κ3) is 8.23. The smallest absolute Gasteiger partial charge is 0.444 e. The van der Waals surface area contributed by atoms with Gasteiger partial charge < -0.3 is 25.0 Å². The molecule has 4 aliphatic rings. The number of nitrogens with zero attached hydrogens (tertiary/aromatic N) is 2. The van der Waals surface area contributed by atoms with Gasteiger partial charge in [0.05, 0.1) is 17.8 Å². The van der Waals surface area contributed by atoms with E-state index >= 15 is 0 Å². The largest absolute Gasteiger partial charge is 0.573 e. The Bertz CT molecular complexity index is 2020. The van der Waals surface area contributed by atoms with Crippen molar-refractivity contribution in [2.75, 3.05) is 11.9 Å². The molecule has 298 valence electrons. The molecule has 0 radical (unpaired) electrons. The summed E-state index contributed by atoms with van der Waals surface area (Å²) in [6.45, 7) is 10.0. The second-order valence-corrected chi connectivity index (χ2v) is 18.1. The van der Waals surface area contributed by atoms with Gasteiger partial charge in [0.1, 0.15) is 35.3 Å². The van der Waals surface area contributed by atoms with E-state index in [0.717, 1.165) is 12.1 Å². The number of benzene rings is 2. The fourth-order valence-electron chi connectivity index (χ4n) is 6.98. The number of likely N-dealkylation sites (tertiary alicyclic amines) is 1. The molecule has 2 aromatic carbocycles. The third-order valence-electron chi connectivity index (χ3n) is 10.7. The van der Waals surface area contributed by atoms with Gasteiger partial charge in [-0.3, -0.25) is 24.0 Å². The minimum absolute atomic E-state index is 0.0357. The van der Waals surface area contributed by atoms with Crippen LogP contribution in [0.4, 0.5) is 28.0 Å². The Morgan fingerprint density at radius 3 is 2.35 bits per heavy atom. The summed E-state index contributed by atoms with van der Waals surface area (Å²) in [5.74, 6) is -4.10. The van der Waals surface area contributed by atoms with Gasteiger partial charge in [-0.1, -0.05) is 45.0 Å². The lowest BCUT2D eigenvalue weighted by molar-refractivity contribution is -0.274. The Kier molecular flexibility index (Phi) is 10.1. The Morgan fingerprint density at radius 1 is 1.05 bits per heavy atom. The van der Waals surface area contributed by atoms with E-state index in [1.807, 2.05) is 0 Å². The van der Waals surface area contributed by atoms with Crippen molar-refractivity contribution in [3.05, 3.63) is 72.1 Å². The van der Waals surface area contributed by atoms with Crippen LogP contribution in [0, 0.1) is 17.2 Å². The number of fused-ring (bicyclic) bond motifs is 1. The lowest BCUT2D eigenvalue weighted by Gasteiger charge is -2.36. The lowest BCUT2D eigenvalue weighted by atomic mass is 9.85. The molecule has 5 unspecified atom stereocenters. The second-order valence-electron chi connectivity index (χ2n) is 15.9. The summed E-state index contributed by atoms with van der Waals surface area (Å²) in [5.41, 5.74) is -1.56. The topological polar surface area (TPSA) is 163 Å². The number of hydrogen-bond donors (Lipinski definition) is 3. The molecule has 2 aromatic rings. The van der Waals surface area contributed by atoms with Crippen molar-refractivity contribution in [3.8, 4) is 5.75 Å². The molecule has 0 aromatic heterocycles. The van der Waals surface area contributed by atoms with Crippen LogP contribution in [0.25, 0.3) is 0 Å². The van der Waals surface area contributed by atoms with Gasteiger partial charge in [-0.25, -0.2) is 17.6 Å². The number of carbonyl (C=O) groups excluding carboxylic acids is 4. The number of halogens is 4. The summed E-state index contributed by atoms with van der Waals surface area (Å²) in [5, 5.41) is 5.65. The van der Waals surface area contributed by atoms with E-state index < -0.39 is 91.6 Å². The van der Waals surface area contributed by atoms with Crippen molar-refractivity contribution in [1.29, 1.82) is 0 Å². The average Bonchev–Trinajstić information content (AvgIpc) is 3.89. The fourth-order valence-corrected chi connectivity index (χ4v) is 8.30. The SMILES string of the molecule is C=CC1CC1(NC(=O)C1CC(OC(=O)N2Cc3cccc(F)c3C2)CN1C(=O)C(Nc1cccc(OC(F)(F)F)c1)C(C)(C)C)C(=O)NS(=O)(=O)C1(C)CC1. The third-order valence-corrected chi connectivity index (χ3v) is 12.8. The molecule has 3 fully saturated rings.